The highest BCUT2D eigenvalue weighted by Gasteiger charge is 2.17. The number of unbranched alkanes of at least 4 members (excludes halogenated alkanes) is 5. The van der Waals surface area contributed by atoms with Gasteiger partial charge in [-0.2, -0.15) is 0 Å². The van der Waals surface area contributed by atoms with Gasteiger partial charge in [0.05, 0.1) is 12.7 Å². The van der Waals surface area contributed by atoms with E-state index >= 15 is 0 Å². The summed E-state index contributed by atoms with van der Waals surface area (Å²) in [4.78, 5) is 6.71. The van der Waals surface area contributed by atoms with Crippen molar-refractivity contribution in [3.8, 4) is 0 Å². The minimum Gasteiger partial charge on any atom is -0.343 e. The van der Waals surface area contributed by atoms with Crippen molar-refractivity contribution in [1.29, 1.82) is 0 Å². The van der Waals surface area contributed by atoms with Crippen molar-refractivity contribution in [2.45, 2.75) is 65.0 Å². The smallest absolute Gasteiger partial charge is 0.104 e. The van der Waals surface area contributed by atoms with Crippen molar-refractivity contribution in [3.05, 3.63) is 12.2 Å². The molecule has 18 heavy (non-hydrogen) atoms. The van der Waals surface area contributed by atoms with Gasteiger partial charge in [-0.05, 0) is 19.8 Å². The van der Waals surface area contributed by atoms with E-state index in [1.807, 2.05) is 6.92 Å². The molecule has 0 radical (unpaired) electrons. The van der Waals surface area contributed by atoms with Gasteiger partial charge in [0, 0.05) is 13.0 Å². The lowest BCUT2D eigenvalue weighted by Crippen LogP contribution is -2.41. The molecule has 1 heterocycles. The first-order valence-corrected chi connectivity index (χ1v) is 7.46. The monoisotopic (exact) mass is 251 g/mol. The third-order valence-corrected chi connectivity index (χ3v) is 3.40. The summed E-state index contributed by atoms with van der Waals surface area (Å²) >= 11 is 0. The summed E-state index contributed by atoms with van der Waals surface area (Å²) in [6.07, 6.45) is 13.6. The van der Waals surface area contributed by atoms with E-state index in [0.717, 1.165) is 25.3 Å². The lowest BCUT2D eigenvalue weighted by atomic mass is 10.1. The van der Waals surface area contributed by atoms with Crippen molar-refractivity contribution in [2.24, 2.45) is 10.7 Å². The minimum absolute atomic E-state index is 0.0914. The Morgan fingerprint density at radius 3 is 2.78 bits per heavy atom. The summed E-state index contributed by atoms with van der Waals surface area (Å²) in [6, 6.07) is 0. The van der Waals surface area contributed by atoms with Crippen LogP contribution < -0.4 is 5.73 Å². The fraction of sp³-hybridized carbons (Fsp3) is 0.800. The largest absolute Gasteiger partial charge is 0.343 e. The van der Waals surface area contributed by atoms with Gasteiger partial charge in [-0.1, -0.05) is 44.8 Å². The normalized spacial score (nSPS) is 17.5. The molecule has 1 atom stereocenters. The van der Waals surface area contributed by atoms with Gasteiger partial charge in [0.2, 0.25) is 0 Å². The molecule has 0 spiro atoms. The second-order valence-electron chi connectivity index (χ2n) is 5.11. The summed E-state index contributed by atoms with van der Waals surface area (Å²) < 4.78 is 0. The highest BCUT2D eigenvalue weighted by molar-refractivity contribution is 5.85. The van der Waals surface area contributed by atoms with E-state index in [0.29, 0.717) is 0 Å². The second kappa shape index (κ2) is 9.15. The van der Waals surface area contributed by atoms with Crippen LogP contribution in [0.2, 0.25) is 0 Å². The van der Waals surface area contributed by atoms with Crippen LogP contribution in [0.1, 0.15) is 58.8 Å². The average molecular weight is 251 g/mol. The fourth-order valence-electron chi connectivity index (χ4n) is 2.30. The zero-order chi connectivity index (χ0) is 13.2. The first-order chi connectivity index (χ1) is 8.75. The number of nitrogens with zero attached hydrogens (tertiary/aromatic N) is 2. The van der Waals surface area contributed by atoms with Crippen LogP contribution in [0.25, 0.3) is 0 Å². The van der Waals surface area contributed by atoms with E-state index in [1.165, 1.54) is 38.5 Å². The molecular formula is C15H29N3. The van der Waals surface area contributed by atoms with E-state index in [4.69, 9.17) is 5.73 Å². The van der Waals surface area contributed by atoms with E-state index in [-0.39, 0.29) is 6.17 Å². The van der Waals surface area contributed by atoms with Gasteiger partial charge >= 0.3 is 0 Å². The Balaban J connectivity index is 2.09. The lowest BCUT2D eigenvalue weighted by molar-refractivity contribution is 0.362. The number of rotatable bonds is 9. The van der Waals surface area contributed by atoms with Crippen LogP contribution in [0.3, 0.4) is 0 Å². The molecule has 0 bridgehead atoms. The molecule has 0 aromatic rings. The van der Waals surface area contributed by atoms with E-state index in [9.17, 15) is 0 Å². The maximum absolute atomic E-state index is 5.91. The Hall–Kier alpha value is -0.830. The summed E-state index contributed by atoms with van der Waals surface area (Å²) in [5.41, 5.74) is 5.91. The maximum atomic E-state index is 5.91. The Bertz CT molecular complexity index is 269. The zero-order valence-electron chi connectivity index (χ0n) is 12.1. The maximum Gasteiger partial charge on any atom is 0.104 e. The number of aliphatic imine (C=N–C) groups is 1. The summed E-state index contributed by atoms with van der Waals surface area (Å²) in [7, 11) is 0. The third kappa shape index (κ3) is 5.67. The fourth-order valence-corrected chi connectivity index (χ4v) is 2.30. The summed E-state index contributed by atoms with van der Waals surface area (Å²) in [5.74, 6) is 1.16. The molecule has 1 aliphatic rings. The van der Waals surface area contributed by atoms with Crippen molar-refractivity contribution >= 4 is 5.84 Å². The van der Waals surface area contributed by atoms with Crippen LogP contribution in [-0.4, -0.2) is 30.0 Å². The van der Waals surface area contributed by atoms with Crippen LogP contribution >= 0.6 is 0 Å². The molecule has 0 saturated carbocycles. The predicted molar refractivity (Wildman–Crippen MR) is 79.8 cm³/mol. The number of nitrogens with two attached hydrogens (primary N) is 1. The molecule has 0 aromatic heterocycles. The molecule has 1 aliphatic heterocycles. The second-order valence-corrected chi connectivity index (χ2v) is 5.11. The van der Waals surface area contributed by atoms with Crippen LogP contribution in [0.4, 0.5) is 0 Å². The van der Waals surface area contributed by atoms with Crippen LogP contribution in [0.15, 0.2) is 17.1 Å². The van der Waals surface area contributed by atoms with Crippen molar-refractivity contribution in [1.82, 2.24) is 4.90 Å². The standard InChI is InChI=1S/C15H29N3/c1-3-4-5-6-7-8-9-10-11-15-17-12-13-18(15)14(2)16/h9-10,14H,3-8,11-13,16H2,1-2H3/b10-9+. The van der Waals surface area contributed by atoms with Crippen LogP contribution in [0.5, 0.6) is 0 Å². The minimum atomic E-state index is 0.0914. The van der Waals surface area contributed by atoms with Crippen LogP contribution in [0, 0.1) is 0 Å². The summed E-state index contributed by atoms with van der Waals surface area (Å²) in [5, 5.41) is 0. The van der Waals surface area contributed by atoms with Gasteiger partial charge in [0.1, 0.15) is 5.84 Å². The Morgan fingerprint density at radius 1 is 1.28 bits per heavy atom. The van der Waals surface area contributed by atoms with Gasteiger partial charge in [-0.3, -0.25) is 4.99 Å². The van der Waals surface area contributed by atoms with Gasteiger partial charge in [0.25, 0.3) is 0 Å². The highest BCUT2D eigenvalue weighted by atomic mass is 15.3. The first kappa shape index (κ1) is 15.2. The van der Waals surface area contributed by atoms with Crippen molar-refractivity contribution in [2.75, 3.05) is 13.1 Å². The Labute approximate surface area is 112 Å². The molecule has 1 unspecified atom stereocenters. The van der Waals surface area contributed by atoms with Gasteiger partial charge in [0.15, 0.2) is 0 Å². The summed E-state index contributed by atoms with van der Waals surface area (Å²) in [6.45, 7) is 6.17. The molecule has 3 heteroatoms. The molecule has 0 fully saturated rings. The molecular weight excluding hydrogens is 222 g/mol. The predicted octanol–water partition coefficient (Wildman–Crippen LogP) is 3.31. The molecule has 0 aromatic carbocycles. The van der Waals surface area contributed by atoms with Gasteiger partial charge in [-0.25, -0.2) is 0 Å². The number of hydrogen-bond donors (Lipinski definition) is 1. The quantitative estimate of drug-likeness (QED) is 0.504. The SMILES string of the molecule is CCCCCCC/C=C/CC1=NCCN1C(C)N. The van der Waals surface area contributed by atoms with E-state index in [1.54, 1.807) is 0 Å². The highest BCUT2D eigenvalue weighted by Crippen LogP contribution is 2.09. The zero-order valence-corrected chi connectivity index (χ0v) is 12.1. The van der Waals surface area contributed by atoms with Crippen molar-refractivity contribution in [3.63, 3.8) is 0 Å². The van der Waals surface area contributed by atoms with E-state index in [2.05, 4.69) is 29.0 Å². The van der Waals surface area contributed by atoms with Crippen LogP contribution in [-0.2, 0) is 0 Å². The molecule has 0 aliphatic carbocycles. The molecule has 0 saturated heterocycles. The number of allylic oxidation sites excluding steroid dienone is 1. The molecule has 1 rings (SSSR count). The Kier molecular flexibility index (Phi) is 7.74. The van der Waals surface area contributed by atoms with Gasteiger partial charge in [-0.15, -0.1) is 0 Å². The average Bonchev–Trinajstić information content (AvgIpc) is 2.81. The van der Waals surface area contributed by atoms with Crippen molar-refractivity contribution < 1.29 is 0 Å². The number of hydrogen-bond acceptors (Lipinski definition) is 3. The molecule has 104 valence electrons. The molecule has 3 nitrogen and oxygen atoms in total. The first-order valence-electron chi connectivity index (χ1n) is 7.46. The Morgan fingerprint density at radius 2 is 2.06 bits per heavy atom. The molecule has 0 amide bonds. The lowest BCUT2D eigenvalue weighted by Gasteiger charge is -2.23. The molecule has 2 N–H and O–H groups in total. The third-order valence-electron chi connectivity index (χ3n) is 3.40. The number of amidine groups is 1. The van der Waals surface area contributed by atoms with E-state index < -0.39 is 0 Å². The van der Waals surface area contributed by atoms with Gasteiger partial charge < -0.3 is 10.6 Å². The topological polar surface area (TPSA) is 41.6 Å².